The molecule has 0 radical (unpaired) electrons. The van der Waals surface area contributed by atoms with Crippen LogP contribution in [0.4, 0.5) is 0 Å². The van der Waals surface area contributed by atoms with Gasteiger partial charge < -0.3 is 10.8 Å². The van der Waals surface area contributed by atoms with Crippen LogP contribution in [0.15, 0.2) is 36.5 Å². The van der Waals surface area contributed by atoms with Crippen LogP contribution in [0, 0.1) is 0 Å². The van der Waals surface area contributed by atoms with Gasteiger partial charge in [0.1, 0.15) is 5.69 Å². The van der Waals surface area contributed by atoms with Gasteiger partial charge in [-0.15, -0.1) is 0 Å². The lowest BCUT2D eigenvalue weighted by atomic mass is 10.1. The molecule has 2 rings (SSSR count). The number of benzene rings is 1. The van der Waals surface area contributed by atoms with Gasteiger partial charge >= 0.3 is 0 Å². The van der Waals surface area contributed by atoms with E-state index in [1.807, 2.05) is 31.2 Å². The average Bonchev–Trinajstić information content (AvgIpc) is 2.87. The molecule has 0 aliphatic heterocycles. The van der Waals surface area contributed by atoms with Crippen LogP contribution in [-0.4, -0.2) is 20.8 Å². The maximum atomic E-state index is 11.0. The zero-order chi connectivity index (χ0) is 13.1. The minimum absolute atomic E-state index is 0.204. The van der Waals surface area contributed by atoms with Gasteiger partial charge in [-0.05, 0) is 18.6 Å². The molecule has 5 heteroatoms. The van der Waals surface area contributed by atoms with E-state index in [-0.39, 0.29) is 5.69 Å². The van der Waals surface area contributed by atoms with Crippen molar-refractivity contribution in [3.63, 3.8) is 0 Å². The van der Waals surface area contributed by atoms with E-state index in [1.165, 1.54) is 0 Å². The first-order valence-electron chi connectivity index (χ1n) is 5.76. The van der Waals surface area contributed by atoms with E-state index in [0.29, 0.717) is 6.42 Å². The number of primary amides is 1. The van der Waals surface area contributed by atoms with Crippen LogP contribution >= 0.6 is 0 Å². The minimum atomic E-state index is -0.567. The molecule has 1 unspecified atom stereocenters. The summed E-state index contributed by atoms with van der Waals surface area (Å²) in [6.07, 6.45) is 1.71. The first-order chi connectivity index (χ1) is 8.63. The predicted molar refractivity (Wildman–Crippen MR) is 67.3 cm³/mol. The summed E-state index contributed by atoms with van der Waals surface area (Å²) in [5, 5.41) is 14.0. The number of nitrogens with zero attached hydrogens (tertiary/aromatic N) is 2. The number of rotatable bonds is 4. The van der Waals surface area contributed by atoms with Crippen molar-refractivity contribution in [2.45, 2.75) is 19.4 Å². The molecule has 3 N–H and O–H groups in total. The van der Waals surface area contributed by atoms with Gasteiger partial charge in [-0.3, -0.25) is 4.79 Å². The van der Waals surface area contributed by atoms with Crippen LogP contribution in [-0.2, 0) is 0 Å². The maximum absolute atomic E-state index is 11.0. The highest BCUT2D eigenvalue weighted by Crippen LogP contribution is 2.23. The number of carbonyl (C=O) groups is 1. The van der Waals surface area contributed by atoms with Crippen molar-refractivity contribution in [1.29, 1.82) is 0 Å². The van der Waals surface area contributed by atoms with Crippen LogP contribution in [0.25, 0.3) is 5.69 Å². The molecule has 0 saturated carbocycles. The Labute approximate surface area is 105 Å². The van der Waals surface area contributed by atoms with E-state index in [1.54, 1.807) is 16.9 Å². The van der Waals surface area contributed by atoms with Gasteiger partial charge in [0.15, 0.2) is 0 Å². The van der Waals surface area contributed by atoms with Crippen LogP contribution in [0.5, 0.6) is 0 Å². The smallest absolute Gasteiger partial charge is 0.269 e. The van der Waals surface area contributed by atoms with Crippen LogP contribution in [0.3, 0.4) is 0 Å². The Kier molecular flexibility index (Phi) is 3.43. The van der Waals surface area contributed by atoms with Crippen molar-refractivity contribution in [2.75, 3.05) is 0 Å². The summed E-state index contributed by atoms with van der Waals surface area (Å²) in [6.45, 7) is 1.90. The largest absolute Gasteiger partial charge is 0.388 e. The van der Waals surface area contributed by atoms with Gasteiger partial charge in [-0.1, -0.05) is 25.1 Å². The molecule has 1 amide bonds. The fourth-order valence-corrected chi connectivity index (χ4v) is 1.79. The first-order valence-corrected chi connectivity index (χ1v) is 5.76. The van der Waals surface area contributed by atoms with E-state index in [0.717, 1.165) is 11.3 Å². The van der Waals surface area contributed by atoms with Crippen molar-refractivity contribution in [3.05, 3.63) is 47.8 Å². The van der Waals surface area contributed by atoms with E-state index in [2.05, 4.69) is 5.10 Å². The molecular weight excluding hydrogens is 230 g/mol. The Morgan fingerprint density at radius 1 is 1.44 bits per heavy atom. The summed E-state index contributed by atoms with van der Waals surface area (Å²) in [4.78, 5) is 11.0. The van der Waals surface area contributed by atoms with Crippen LogP contribution in [0.1, 0.15) is 35.5 Å². The maximum Gasteiger partial charge on any atom is 0.269 e. The number of aliphatic hydroxyl groups excluding tert-OH is 1. The predicted octanol–water partition coefficient (Wildman–Crippen LogP) is 1.41. The molecule has 0 spiro atoms. The van der Waals surface area contributed by atoms with Gasteiger partial charge in [0.05, 0.1) is 11.8 Å². The number of hydrogen-bond donors (Lipinski definition) is 2. The minimum Gasteiger partial charge on any atom is -0.388 e. The van der Waals surface area contributed by atoms with Gasteiger partial charge in [0.2, 0.25) is 0 Å². The standard InChI is InChI=1S/C13H15N3O2/c1-2-12(17)9-5-3-4-6-11(9)16-8-7-10(15-16)13(14)18/h3-8,12,17H,2H2,1H3,(H2,14,18). The number of amides is 1. The molecule has 94 valence electrons. The molecule has 5 nitrogen and oxygen atoms in total. The molecule has 2 aromatic rings. The Morgan fingerprint density at radius 3 is 2.78 bits per heavy atom. The van der Waals surface area contributed by atoms with Crippen molar-refractivity contribution in [1.82, 2.24) is 9.78 Å². The molecule has 0 bridgehead atoms. The molecule has 1 atom stereocenters. The quantitative estimate of drug-likeness (QED) is 0.854. The molecule has 0 aliphatic carbocycles. The molecule has 0 fully saturated rings. The van der Waals surface area contributed by atoms with Gasteiger partial charge in [-0.2, -0.15) is 5.10 Å². The molecule has 1 aromatic carbocycles. The number of nitrogens with two attached hydrogens (primary N) is 1. The second kappa shape index (κ2) is 5.01. The summed E-state index contributed by atoms with van der Waals surface area (Å²) in [6, 6.07) is 8.95. The van der Waals surface area contributed by atoms with Gasteiger partial charge in [0, 0.05) is 11.8 Å². The second-order valence-electron chi connectivity index (χ2n) is 3.99. The summed E-state index contributed by atoms with van der Waals surface area (Å²) in [5.74, 6) is -0.567. The summed E-state index contributed by atoms with van der Waals surface area (Å²) < 4.78 is 1.55. The van der Waals surface area contributed by atoms with E-state index in [4.69, 9.17) is 5.73 Å². The monoisotopic (exact) mass is 245 g/mol. The lowest BCUT2D eigenvalue weighted by Crippen LogP contribution is -2.12. The number of para-hydroxylation sites is 1. The molecule has 0 aliphatic rings. The molecule has 0 saturated heterocycles. The average molecular weight is 245 g/mol. The molecular formula is C13H15N3O2. The third kappa shape index (κ3) is 2.26. The molecule has 1 heterocycles. The topological polar surface area (TPSA) is 81.1 Å². The summed E-state index contributed by atoms with van der Waals surface area (Å²) in [7, 11) is 0. The third-order valence-electron chi connectivity index (χ3n) is 2.77. The fraction of sp³-hybridized carbons (Fsp3) is 0.231. The summed E-state index contributed by atoms with van der Waals surface area (Å²) >= 11 is 0. The van der Waals surface area contributed by atoms with Gasteiger partial charge in [-0.25, -0.2) is 4.68 Å². The lowest BCUT2D eigenvalue weighted by molar-refractivity contribution is 0.0995. The highest BCUT2D eigenvalue weighted by molar-refractivity contribution is 5.90. The van der Waals surface area contributed by atoms with Crippen LogP contribution in [0.2, 0.25) is 0 Å². The van der Waals surface area contributed by atoms with Crippen molar-refractivity contribution in [3.8, 4) is 5.69 Å². The van der Waals surface area contributed by atoms with E-state index < -0.39 is 12.0 Å². The normalized spacial score (nSPS) is 12.3. The SMILES string of the molecule is CCC(O)c1ccccc1-n1ccc(C(N)=O)n1. The number of hydrogen-bond acceptors (Lipinski definition) is 3. The molecule has 1 aromatic heterocycles. The Bertz CT molecular complexity index is 563. The van der Waals surface area contributed by atoms with Crippen LogP contribution < -0.4 is 5.73 Å². The highest BCUT2D eigenvalue weighted by atomic mass is 16.3. The number of carbonyl (C=O) groups excluding carboxylic acids is 1. The van der Waals surface area contributed by atoms with Crippen molar-refractivity contribution < 1.29 is 9.90 Å². The highest BCUT2D eigenvalue weighted by Gasteiger charge is 2.13. The Morgan fingerprint density at radius 2 is 2.17 bits per heavy atom. The summed E-state index contributed by atoms with van der Waals surface area (Å²) in [5.41, 5.74) is 6.90. The van der Waals surface area contributed by atoms with Gasteiger partial charge in [0.25, 0.3) is 5.91 Å². The third-order valence-corrected chi connectivity index (χ3v) is 2.77. The second-order valence-corrected chi connectivity index (χ2v) is 3.99. The number of aliphatic hydroxyl groups is 1. The molecule has 18 heavy (non-hydrogen) atoms. The zero-order valence-corrected chi connectivity index (χ0v) is 10.1. The van der Waals surface area contributed by atoms with E-state index >= 15 is 0 Å². The number of aromatic nitrogens is 2. The Hall–Kier alpha value is -2.14. The van der Waals surface area contributed by atoms with Crippen molar-refractivity contribution >= 4 is 5.91 Å². The first kappa shape index (κ1) is 12.3. The Balaban J connectivity index is 2.46. The fourth-order valence-electron chi connectivity index (χ4n) is 1.79. The lowest BCUT2D eigenvalue weighted by Gasteiger charge is -2.13. The zero-order valence-electron chi connectivity index (χ0n) is 10.1. The van der Waals surface area contributed by atoms with Crippen molar-refractivity contribution in [2.24, 2.45) is 5.73 Å². The van der Waals surface area contributed by atoms with E-state index in [9.17, 15) is 9.90 Å².